The van der Waals surface area contributed by atoms with Crippen LogP contribution < -0.4 is 0 Å². The van der Waals surface area contributed by atoms with Gasteiger partial charge in [0.25, 0.3) is 5.91 Å². The largest absolute Gasteiger partial charge is 0.508 e. The number of hydrogen-bond acceptors (Lipinski definition) is 5. The Bertz CT molecular complexity index is 1410. The van der Waals surface area contributed by atoms with Gasteiger partial charge in [-0.1, -0.05) is 78.9 Å². The summed E-state index contributed by atoms with van der Waals surface area (Å²) in [5.41, 5.74) is 2.59. The van der Waals surface area contributed by atoms with Gasteiger partial charge in [-0.25, -0.2) is 4.99 Å². The van der Waals surface area contributed by atoms with E-state index >= 15 is 0 Å². The van der Waals surface area contributed by atoms with Gasteiger partial charge in [-0.15, -0.1) is 0 Å². The molecule has 0 saturated carbocycles. The normalized spacial score (nSPS) is 17.6. The fourth-order valence-electron chi connectivity index (χ4n) is 6.05. The Hall–Kier alpha value is -4.29. The maximum atomic E-state index is 14.5. The highest BCUT2D eigenvalue weighted by molar-refractivity contribution is 6.16. The zero-order valence-corrected chi connectivity index (χ0v) is 22.6. The standard InChI is InChI=1S/C34H34N4O2/c39-30-17-15-26(16-18-30)27-19-24-37(25-20-27)22-9-23-38-32(31-14-7-8-21-35-31)36-34(33(38)40,28-10-3-1-4-11-28)29-12-5-2-6-13-29/h1-8,10-18,21,27,39H,9,19-20,22-25H2. The molecule has 2 aliphatic rings. The van der Waals surface area contributed by atoms with Crippen molar-refractivity contribution in [2.75, 3.05) is 26.2 Å². The monoisotopic (exact) mass is 530 g/mol. The van der Waals surface area contributed by atoms with Crippen molar-refractivity contribution in [3.05, 3.63) is 132 Å². The number of amides is 1. The summed E-state index contributed by atoms with van der Waals surface area (Å²) in [6.07, 6.45) is 4.79. The first-order chi connectivity index (χ1) is 19.6. The molecule has 6 heteroatoms. The number of benzene rings is 3. The minimum atomic E-state index is -1.14. The third kappa shape index (κ3) is 5.03. The Morgan fingerprint density at radius 1 is 0.775 bits per heavy atom. The molecule has 0 bridgehead atoms. The van der Waals surface area contributed by atoms with Crippen LogP contribution in [0.4, 0.5) is 0 Å². The van der Waals surface area contributed by atoms with E-state index in [0.717, 1.165) is 50.0 Å². The maximum Gasteiger partial charge on any atom is 0.265 e. The van der Waals surface area contributed by atoms with Crippen LogP contribution in [0.3, 0.4) is 0 Å². The summed E-state index contributed by atoms with van der Waals surface area (Å²) in [7, 11) is 0. The Kier molecular flexibility index (Phi) is 7.43. The number of phenolic OH excluding ortho intramolecular Hbond substituents is 1. The van der Waals surface area contributed by atoms with Crippen molar-refractivity contribution in [2.45, 2.75) is 30.7 Å². The fraction of sp³-hybridized carbons (Fsp3) is 0.265. The van der Waals surface area contributed by atoms with E-state index in [2.05, 4.69) is 9.88 Å². The van der Waals surface area contributed by atoms with Crippen molar-refractivity contribution in [1.29, 1.82) is 0 Å². The number of amidine groups is 1. The average Bonchev–Trinajstić information content (AvgIpc) is 3.32. The molecule has 3 heterocycles. The van der Waals surface area contributed by atoms with Gasteiger partial charge < -0.3 is 10.0 Å². The lowest BCUT2D eigenvalue weighted by Crippen LogP contribution is -2.43. The Balaban J connectivity index is 1.21. The van der Waals surface area contributed by atoms with Crippen molar-refractivity contribution >= 4 is 11.7 Å². The summed E-state index contributed by atoms with van der Waals surface area (Å²) in [5.74, 6) is 1.44. The van der Waals surface area contributed by atoms with Gasteiger partial charge in [0.15, 0.2) is 11.4 Å². The topological polar surface area (TPSA) is 69.0 Å². The number of aliphatic imine (C=N–C) groups is 1. The molecule has 0 unspecified atom stereocenters. The third-order valence-electron chi connectivity index (χ3n) is 8.17. The summed E-state index contributed by atoms with van der Waals surface area (Å²) < 4.78 is 0. The van der Waals surface area contributed by atoms with Crippen LogP contribution in [-0.4, -0.2) is 57.8 Å². The molecule has 0 aliphatic carbocycles. The number of aromatic nitrogens is 1. The molecule has 0 spiro atoms. The number of aromatic hydroxyl groups is 1. The molecule has 1 fully saturated rings. The van der Waals surface area contributed by atoms with E-state index in [1.165, 1.54) is 5.56 Å². The number of carbonyl (C=O) groups excluding carboxylic acids is 1. The number of piperidine rings is 1. The lowest BCUT2D eigenvalue weighted by Gasteiger charge is -2.33. The van der Waals surface area contributed by atoms with Gasteiger partial charge in [-0.3, -0.25) is 14.7 Å². The molecule has 6 nitrogen and oxygen atoms in total. The number of nitrogens with zero attached hydrogens (tertiary/aromatic N) is 4. The first kappa shape index (κ1) is 26.0. The SMILES string of the molecule is O=C1N(CCCN2CCC(c3ccc(O)cc3)CC2)C(c2ccccn2)=NC1(c1ccccc1)c1ccccc1. The Labute approximate surface area is 235 Å². The predicted molar refractivity (Wildman–Crippen MR) is 157 cm³/mol. The molecule has 1 amide bonds. The third-order valence-corrected chi connectivity index (χ3v) is 8.17. The van der Waals surface area contributed by atoms with E-state index in [1.54, 1.807) is 18.3 Å². The highest BCUT2D eigenvalue weighted by Gasteiger charge is 2.51. The van der Waals surface area contributed by atoms with Crippen molar-refractivity contribution in [3.8, 4) is 5.75 Å². The molecule has 4 aromatic rings. The maximum absolute atomic E-state index is 14.5. The zero-order valence-electron chi connectivity index (χ0n) is 22.6. The molecule has 3 aromatic carbocycles. The number of likely N-dealkylation sites (tertiary alicyclic amines) is 1. The minimum absolute atomic E-state index is 0.0309. The Morgan fingerprint density at radius 2 is 1.40 bits per heavy atom. The molecule has 1 N–H and O–H groups in total. The molecule has 2 aliphatic heterocycles. The summed E-state index contributed by atoms with van der Waals surface area (Å²) in [4.78, 5) is 28.6. The average molecular weight is 531 g/mol. The second-order valence-electron chi connectivity index (χ2n) is 10.6. The first-order valence-corrected chi connectivity index (χ1v) is 14.1. The first-order valence-electron chi connectivity index (χ1n) is 14.1. The molecule has 0 atom stereocenters. The van der Waals surface area contributed by atoms with Crippen LogP contribution in [0.5, 0.6) is 5.75 Å². The van der Waals surface area contributed by atoms with Crippen molar-refractivity contribution in [3.63, 3.8) is 0 Å². The van der Waals surface area contributed by atoms with Crippen LogP contribution in [0.25, 0.3) is 0 Å². The second-order valence-corrected chi connectivity index (χ2v) is 10.6. The summed E-state index contributed by atoms with van der Waals surface area (Å²) in [6, 6.07) is 33.2. The van der Waals surface area contributed by atoms with Gasteiger partial charge in [0.1, 0.15) is 11.4 Å². The quantitative estimate of drug-likeness (QED) is 0.323. The van der Waals surface area contributed by atoms with Gasteiger partial charge in [0.05, 0.1) is 0 Å². The predicted octanol–water partition coefficient (Wildman–Crippen LogP) is 5.59. The van der Waals surface area contributed by atoms with Crippen molar-refractivity contribution < 1.29 is 9.90 Å². The van der Waals surface area contributed by atoms with E-state index < -0.39 is 5.54 Å². The minimum Gasteiger partial charge on any atom is -0.508 e. The highest BCUT2D eigenvalue weighted by Crippen LogP contribution is 2.41. The molecule has 6 rings (SSSR count). The van der Waals surface area contributed by atoms with Crippen molar-refractivity contribution in [2.24, 2.45) is 4.99 Å². The van der Waals surface area contributed by atoms with Crippen LogP contribution in [0, 0.1) is 0 Å². The number of hydrogen-bond donors (Lipinski definition) is 1. The molecule has 1 saturated heterocycles. The van der Waals surface area contributed by atoms with E-state index in [9.17, 15) is 9.90 Å². The van der Waals surface area contributed by atoms with Gasteiger partial charge in [-0.05, 0) is 85.8 Å². The Morgan fingerprint density at radius 3 is 2.00 bits per heavy atom. The van der Waals surface area contributed by atoms with Crippen molar-refractivity contribution in [1.82, 2.24) is 14.8 Å². The summed E-state index contributed by atoms with van der Waals surface area (Å²) >= 11 is 0. The molecule has 202 valence electrons. The number of pyridine rings is 1. The number of phenols is 1. The fourth-order valence-corrected chi connectivity index (χ4v) is 6.05. The van der Waals surface area contributed by atoms with Gasteiger partial charge in [0.2, 0.25) is 0 Å². The molecular weight excluding hydrogens is 496 g/mol. The van der Waals surface area contributed by atoms with Crippen LogP contribution in [0.2, 0.25) is 0 Å². The second kappa shape index (κ2) is 11.4. The molecule has 40 heavy (non-hydrogen) atoms. The van der Waals surface area contributed by atoms with Gasteiger partial charge in [-0.2, -0.15) is 0 Å². The van der Waals surface area contributed by atoms with Gasteiger partial charge >= 0.3 is 0 Å². The molecule has 0 radical (unpaired) electrons. The lowest BCUT2D eigenvalue weighted by atomic mass is 9.83. The zero-order chi connectivity index (χ0) is 27.4. The van der Waals surface area contributed by atoms with E-state index in [0.29, 0.717) is 29.7 Å². The number of rotatable bonds is 8. The molecule has 1 aromatic heterocycles. The van der Waals surface area contributed by atoms with Crippen LogP contribution >= 0.6 is 0 Å². The molecular formula is C34H34N4O2. The van der Waals surface area contributed by atoms with Crippen LogP contribution in [-0.2, 0) is 10.3 Å². The van der Waals surface area contributed by atoms with Crippen LogP contribution in [0.15, 0.2) is 114 Å². The smallest absolute Gasteiger partial charge is 0.265 e. The summed E-state index contributed by atoms with van der Waals surface area (Å²) in [6.45, 7) is 3.55. The number of carbonyl (C=O) groups is 1. The van der Waals surface area contributed by atoms with E-state index in [-0.39, 0.29) is 5.91 Å². The summed E-state index contributed by atoms with van der Waals surface area (Å²) in [5, 5.41) is 9.61. The highest BCUT2D eigenvalue weighted by atomic mass is 16.3. The van der Waals surface area contributed by atoms with E-state index in [4.69, 9.17) is 4.99 Å². The van der Waals surface area contributed by atoms with Crippen LogP contribution in [0.1, 0.15) is 47.6 Å². The lowest BCUT2D eigenvalue weighted by molar-refractivity contribution is -0.130. The van der Waals surface area contributed by atoms with E-state index in [1.807, 2.05) is 95.9 Å². The van der Waals surface area contributed by atoms with Gasteiger partial charge in [0, 0.05) is 12.7 Å².